The Morgan fingerprint density at radius 1 is 1.44 bits per heavy atom. The first-order valence-electron chi connectivity index (χ1n) is 5.37. The molecule has 2 N–H and O–H groups in total. The van der Waals surface area contributed by atoms with Crippen molar-refractivity contribution in [3.63, 3.8) is 0 Å². The van der Waals surface area contributed by atoms with E-state index >= 15 is 0 Å². The lowest BCUT2D eigenvalue weighted by Crippen LogP contribution is -2.29. The molecule has 0 saturated carbocycles. The molecule has 1 aromatic heterocycles. The first-order chi connectivity index (χ1) is 8.65. The molecule has 0 spiro atoms. The first-order valence-corrected chi connectivity index (χ1v) is 6.16. The van der Waals surface area contributed by atoms with E-state index in [1.807, 2.05) is 12.1 Å². The molecule has 6 heteroatoms. The van der Waals surface area contributed by atoms with Gasteiger partial charge >= 0.3 is 0 Å². The molecular weight excluding hydrogens is 298 g/mol. The highest BCUT2D eigenvalue weighted by Crippen LogP contribution is 2.17. The molecule has 1 heterocycles. The first kappa shape index (κ1) is 12.6. The summed E-state index contributed by atoms with van der Waals surface area (Å²) in [5, 5.41) is 9.05. The molecule has 5 nitrogen and oxygen atoms in total. The molecule has 2 aromatic rings. The molecule has 0 saturated heterocycles. The van der Waals surface area contributed by atoms with Crippen LogP contribution in [0.4, 0.5) is 5.69 Å². The molecule has 0 aliphatic carbocycles. The van der Waals surface area contributed by atoms with E-state index in [9.17, 15) is 4.79 Å². The van der Waals surface area contributed by atoms with Crippen LogP contribution < -0.4 is 10.1 Å². The highest BCUT2D eigenvalue weighted by atomic mass is 79.9. The van der Waals surface area contributed by atoms with Crippen molar-refractivity contribution in [2.45, 2.75) is 13.0 Å². The molecule has 0 radical (unpaired) electrons. The Labute approximate surface area is 113 Å². The van der Waals surface area contributed by atoms with Crippen LogP contribution in [-0.2, 0) is 4.79 Å². The molecule has 1 atom stereocenters. The number of aromatic amines is 1. The summed E-state index contributed by atoms with van der Waals surface area (Å²) in [7, 11) is 0. The van der Waals surface area contributed by atoms with E-state index in [1.54, 1.807) is 25.3 Å². The molecule has 0 aliphatic rings. The molecule has 0 aliphatic heterocycles. The lowest BCUT2D eigenvalue weighted by atomic mass is 10.3. The van der Waals surface area contributed by atoms with Gasteiger partial charge in [-0.25, -0.2) is 0 Å². The van der Waals surface area contributed by atoms with Crippen molar-refractivity contribution in [1.82, 2.24) is 10.2 Å². The minimum atomic E-state index is -0.582. The maximum Gasteiger partial charge on any atom is 0.265 e. The molecule has 0 bridgehead atoms. The number of benzene rings is 1. The maximum absolute atomic E-state index is 11.8. The SMILES string of the molecule is CC(Oc1ccc(Br)cc1)C(=O)Nc1cn[nH]c1. The molecular formula is C12H12BrN3O2. The van der Waals surface area contributed by atoms with Gasteiger partial charge in [0.25, 0.3) is 5.91 Å². The zero-order valence-electron chi connectivity index (χ0n) is 9.68. The molecule has 2 rings (SSSR count). The molecule has 1 aromatic carbocycles. The summed E-state index contributed by atoms with van der Waals surface area (Å²) in [5.74, 6) is 0.423. The van der Waals surface area contributed by atoms with E-state index in [-0.39, 0.29) is 5.91 Å². The zero-order chi connectivity index (χ0) is 13.0. The third kappa shape index (κ3) is 3.33. The molecule has 1 amide bonds. The zero-order valence-corrected chi connectivity index (χ0v) is 11.3. The van der Waals surface area contributed by atoms with Crippen LogP contribution in [0.5, 0.6) is 5.75 Å². The minimum absolute atomic E-state index is 0.223. The summed E-state index contributed by atoms with van der Waals surface area (Å²) >= 11 is 3.34. The van der Waals surface area contributed by atoms with Gasteiger partial charge in [0.05, 0.1) is 11.9 Å². The summed E-state index contributed by atoms with van der Waals surface area (Å²) in [5.41, 5.74) is 0.617. The second-order valence-electron chi connectivity index (χ2n) is 3.69. The number of carbonyl (C=O) groups excluding carboxylic acids is 1. The van der Waals surface area contributed by atoms with Crippen molar-refractivity contribution >= 4 is 27.5 Å². The standard InChI is InChI=1S/C12H12BrN3O2/c1-8(12(17)16-10-6-14-15-7-10)18-11-4-2-9(13)3-5-11/h2-8H,1H3,(H,14,15)(H,16,17). The molecule has 18 heavy (non-hydrogen) atoms. The summed E-state index contributed by atoms with van der Waals surface area (Å²) < 4.78 is 6.48. The van der Waals surface area contributed by atoms with Crippen molar-refractivity contribution in [3.8, 4) is 5.75 Å². The number of aromatic nitrogens is 2. The van der Waals surface area contributed by atoms with E-state index in [4.69, 9.17) is 4.74 Å². The second-order valence-corrected chi connectivity index (χ2v) is 4.61. The van der Waals surface area contributed by atoms with Crippen molar-refractivity contribution in [3.05, 3.63) is 41.1 Å². The monoisotopic (exact) mass is 309 g/mol. The van der Waals surface area contributed by atoms with Crippen molar-refractivity contribution < 1.29 is 9.53 Å². The van der Waals surface area contributed by atoms with Gasteiger partial charge in [-0.3, -0.25) is 9.89 Å². The number of carbonyl (C=O) groups is 1. The number of hydrogen-bond acceptors (Lipinski definition) is 3. The van der Waals surface area contributed by atoms with Crippen LogP contribution in [0.15, 0.2) is 41.1 Å². The second kappa shape index (κ2) is 5.68. The van der Waals surface area contributed by atoms with E-state index in [1.165, 1.54) is 6.20 Å². The van der Waals surface area contributed by atoms with Crippen LogP contribution in [0.1, 0.15) is 6.92 Å². The Balaban J connectivity index is 1.93. The highest BCUT2D eigenvalue weighted by molar-refractivity contribution is 9.10. The average molecular weight is 310 g/mol. The number of rotatable bonds is 4. The maximum atomic E-state index is 11.8. The third-order valence-electron chi connectivity index (χ3n) is 2.26. The molecule has 0 fully saturated rings. The van der Waals surface area contributed by atoms with Crippen LogP contribution in [0.2, 0.25) is 0 Å². The number of H-pyrrole nitrogens is 1. The van der Waals surface area contributed by atoms with Crippen LogP contribution >= 0.6 is 15.9 Å². The third-order valence-corrected chi connectivity index (χ3v) is 2.79. The number of hydrogen-bond donors (Lipinski definition) is 2. The largest absolute Gasteiger partial charge is 0.481 e. The fourth-order valence-corrected chi connectivity index (χ4v) is 1.60. The smallest absolute Gasteiger partial charge is 0.265 e. The number of nitrogens with one attached hydrogen (secondary N) is 2. The van der Waals surface area contributed by atoms with Gasteiger partial charge in [-0.15, -0.1) is 0 Å². The van der Waals surface area contributed by atoms with Gasteiger partial charge in [0.15, 0.2) is 6.10 Å². The van der Waals surface area contributed by atoms with Gasteiger partial charge in [-0.2, -0.15) is 5.10 Å². The van der Waals surface area contributed by atoms with Gasteiger partial charge in [0, 0.05) is 10.7 Å². The summed E-state index contributed by atoms with van der Waals surface area (Å²) in [6, 6.07) is 7.31. The quantitative estimate of drug-likeness (QED) is 0.912. The molecule has 1 unspecified atom stereocenters. The van der Waals surface area contributed by atoms with Crippen LogP contribution in [0, 0.1) is 0 Å². The van der Waals surface area contributed by atoms with Crippen LogP contribution in [0.3, 0.4) is 0 Å². The van der Waals surface area contributed by atoms with Crippen molar-refractivity contribution in [2.75, 3.05) is 5.32 Å². The lowest BCUT2D eigenvalue weighted by Gasteiger charge is -2.13. The average Bonchev–Trinajstić information content (AvgIpc) is 2.85. The van der Waals surface area contributed by atoms with Crippen molar-refractivity contribution in [1.29, 1.82) is 0 Å². The molecule has 94 valence electrons. The van der Waals surface area contributed by atoms with Gasteiger partial charge in [-0.1, -0.05) is 15.9 Å². The van der Waals surface area contributed by atoms with E-state index in [0.717, 1.165) is 4.47 Å². The Morgan fingerprint density at radius 3 is 2.78 bits per heavy atom. The topological polar surface area (TPSA) is 67.0 Å². The Morgan fingerprint density at radius 2 is 2.17 bits per heavy atom. The predicted molar refractivity (Wildman–Crippen MR) is 71.4 cm³/mol. The summed E-state index contributed by atoms with van der Waals surface area (Å²) in [4.78, 5) is 11.8. The van der Waals surface area contributed by atoms with E-state index < -0.39 is 6.10 Å². The van der Waals surface area contributed by atoms with E-state index in [0.29, 0.717) is 11.4 Å². The van der Waals surface area contributed by atoms with Gasteiger partial charge in [0.2, 0.25) is 0 Å². The Kier molecular flexibility index (Phi) is 3.99. The minimum Gasteiger partial charge on any atom is -0.481 e. The fourth-order valence-electron chi connectivity index (χ4n) is 1.33. The Hall–Kier alpha value is -1.82. The fraction of sp³-hybridized carbons (Fsp3) is 0.167. The van der Waals surface area contributed by atoms with E-state index in [2.05, 4.69) is 31.4 Å². The number of anilines is 1. The van der Waals surface area contributed by atoms with Gasteiger partial charge < -0.3 is 10.1 Å². The highest BCUT2D eigenvalue weighted by Gasteiger charge is 2.15. The number of halogens is 1. The van der Waals surface area contributed by atoms with Crippen LogP contribution in [-0.4, -0.2) is 22.2 Å². The lowest BCUT2D eigenvalue weighted by molar-refractivity contribution is -0.122. The van der Waals surface area contributed by atoms with Gasteiger partial charge in [0.1, 0.15) is 5.75 Å². The van der Waals surface area contributed by atoms with Crippen LogP contribution in [0.25, 0.3) is 0 Å². The Bertz CT molecular complexity index is 511. The van der Waals surface area contributed by atoms with Crippen molar-refractivity contribution in [2.24, 2.45) is 0 Å². The number of amides is 1. The number of ether oxygens (including phenoxy) is 1. The summed E-state index contributed by atoms with van der Waals surface area (Å²) in [6.45, 7) is 1.69. The predicted octanol–water partition coefficient (Wildman–Crippen LogP) is 2.58. The normalized spacial score (nSPS) is 11.9. The van der Waals surface area contributed by atoms with Gasteiger partial charge in [-0.05, 0) is 31.2 Å². The summed E-state index contributed by atoms with van der Waals surface area (Å²) in [6.07, 6.45) is 2.55. The number of nitrogens with zero attached hydrogens (tertiary/aromatic N) is 1.